The van der Waals surface area contributed by atoms with Crippen LogP contribution < -0.4 is 4.74 Å². The minimum absolute atomic E-state index is 0.0169. The molecule has 1 saturated heterocycles. The standard InChI is InChI=1S/C21H25N3O4S/c1-22-15-20(26)24(21(22)27)11-5-10-19(25)23(14-17-8-6-12-29-17)13-16-7-3-4-9-18(16)28-2/h3-4,6-9,12H,5,10-11,13-15H2,1-2H3. The number of methoxy groups -OCH3 is 1. The Morgan fingerprint density at radius 3 is 2.62 bits per heavy atom. The average molecular weight is 416 g/mol. The lowest BCUT2D eigenvalue weighted by atomic mass is 10.1. The van der Waals surface area contributed by atoms with Crippen molar-refractivity contribution in [3.05, 3.63) is 52.2 Å². The average Bonchev–Trinajstić information content (AvgIpc) is 3.31. The summed E-state index contributed by atoms with van der Waals surface area (Å²) in [6.07, 6.45) is 0.707. The zero-order valence-corrected chi connectivity index (χ0v) is 17.5. The fraction of sp³-hybridized carbons (Fsp3) is 0.381. The van der Waals surface area contributed by atoms with Gasteiger partial charge in [-0.05, 0) is 23.9 Å². The van der Waals surface area contributed by atoms with Crippen molar-refractivity contribution in [3.8, 4) is 5.75 Å². The molecule has 2 aromatic rings. The Morgan fingerprint density at radius 2 is 1.97 bits per heavy atom. The maximum Gasteiger partial charge on any atom is 0.326 e. The smallest absolute Gasteiger partial charge is 0.326 e. The fourth-order valence-corrected chi connectivity index (χ4v) is 4.02. The molecule has 0 aliphatic carbocycles. The second-order valence-electron chi connectivity index (χ2n) is 6.93. The predicted molar refractivity (Wildman–Crippen MR) is 111 cm³/mol. The Kier molecular flexibility index (Phi) is 6.87. The zero-order chi connectivity index (χ0) is 20.8. The molecule has 0 saturated carbocycles. The summed E-state index contributed by atoms with van der Waals surface area (Å²) in [6, 6.07) is 11.3. The van der Waals surface area contributed by atoms with E-state index in [4.69, 9.17) is 4.74 Å². The molecule has 0 bridgehead atoms. The summed E-state index contributed by atoms with van der Waals surface area (Å²) < 4.78 is 5.42. The van der Waals surface area contributed by atoms with E-state index in [9.17, 15) is 14.4 Å². The highest BCUT2D eigenvalue weighted by Crippen LogP contribution is 2.22. The van der Waals surface area contributed by atoms with Crippen molar-refractivity contribution in [1.29, 1.82) is 0 Å². The van der Waals surface area contributed by atoms with Gasteiger partial charge < -0.3 is 14.5 Å². The molecule has 1 aromatic carbocycles. The number of amides is 4. The highest BCUT2D eigenvalue weighted by atomic mass is 32.1. The van der Waals surface area contributed by atoms with E-state index >= 15 is 0 Å². The van der Waals surface area contributed by atoms with Gasteiger partial charge in [0.15, 0.2) is 0 Å². The van der Waals surface area contributed by atoms with E-state index in [1.165, 1.54) is 9.80 Å². The maximum atomic E-state index is 13.0. The predicted octanol–water partition coefficient (Wildman–Crippen LogP) is 2.96. The molecule has 1 fully saturated rings. The lowest BCUT2D eigenvalue weighted by molar-refractivity contribution is -0.133. The lowest BCUT2D eigenvalue weighted by Crippen LogP contribution is -2.34. The van der Waals surface area contributed by atoms with Crippen molar-refractivity contribution in [2.24, 2.45) is 0 Å². The number of ether oxygens (including phenoxy) is 1. The molecule has 29 heavy (non-hydrogen) atoms. The Morgan fingerprint density at radius 1 is 1.17 bits per heavy atom. The Bertz CT molecular complexity index is 869. The molecule has 0 N–H and O–H groups in total. The number of urea groups is 1. The third kappa shape index (κ3) is 5.14. The SMILES string of the molecule is COc1ccccc1CN(Cc1cccs1)C(=O)CCCN1C(=O)CN(C)C1=O. The number of nitrogens with zero attached hydrogens (tertiary/aromatic N) is 3. The van der Waals surface area contributed by atoms with Crippen molar-refractivity contribution < 1.29 is 19.1 Å². The van der Waals surface area contributed by atoms with Gasteiger partial charge in [0, 0.05) is 37.0 Å². The van der Waals surface area contributed by atoms with E-state index in [1.807, 2.05) is 41.8 Å². The van der Waals surface area contributed by atoms with Crippen LogP contribution in [0.1, 0.15) is 23.3 Å². The third-order valence-corrected chi connectivity index (χ3v) is 5.70. The molecule has 1 aliphatic rings. The first-order valence-electron chi connectivity index (χ1n) is 9.47. The van der Waals surface area contributed by atoms with Gasteiger partial charge in [0.2, 0.25) is 11.8 Å². The molecule has 7 nitrogen and oxygen atoms in total. The van der Waals surface area contributed by atoms with Crippen molar-refractivity contribution in [1.82, 2.24) is 14.7 Å². The number of likely N-dealkylation sites (N-methyl/N-ethyl adjacent to an activating group) is 1. The topological polar surface area (TPSA) is 70.2 Å². The number of imide groups is 1. The van der Waals surface area contributed by atoms with Gasteiger partial charge in [-0.2, -0.15) is 0 Å². The summed E-state index contributed by atoms with van der Waals surface area (Å²) >= 11 is 1.61. The molecule has 4 amide bonds. The lowest BCUT2D eigenvalue weighted by Gasteiger charge is -2.24. The maximum absolute atomic E-state index is 13.0. The molecule has 0 unspecified atom stereocenters. The van der Waals surface area contributed by atoms with E-state index in [0.717, 1.165) is 16.2 Å². The Balaban J connectivity index is 1.64. The molecular weight excluding hydrogens is 390 g/mol. The zero-order valence-electron chi connectivity index (χ0n) is 16.7. The van der Waals surface area contributed by atoms with Crippen LogP contribution in [0.15, 0.2) is 41.8 Å². The number of para-hydroxylation sites is 1. The van der Waals surface area contributed by atoms with Crippen LogP contribution >= 0.6 is 11.3 Å². The molecule has 0 radical (unpaired) electrons. The Labute approximate surface area is 174 Å². The summed E-state index contributed by atoms with van der Waals surface area (Å²) in [7, 11) is 3.22. The summed E-state index contributed by atoms with van der Waals surface area (Å²) in [4.78, 5) is 42.3. The first-order chi connectivity index (χ1) is 14.0. The van der Waals surface area contributed by atoms with Crippen LogP contribution in [-0.4, -0.2) is 59.8 Å². The number of hydrogen-bond donors (Lipinski definition) is 0. The number of benzene rings is 1. The quantitative estimate of drug-likeness (QED) is 0.591. The van der Waals surface area contributed by atoms with Crippen LogP contribution in [0.5, 0.6) is 5.75 Å². The van der Waals surface area contributed by atoms with Gasteiger partial charge in [-0.25, -0.2) is 4.79 Å². The van der Waals surface area contributed by atoms with Crippen LogP contribution in [0.2, 0.25) is 0 Å². The fourth-order valence-electron chi connectivity index (χ4n) is 3.30. The van der Waals surface area contributed by atoms with Gasteiger partial charge in [-0.15, -0.1) is 11.3 Å². The van der Waals surface area contributed by atoms with Gasteiger partial charge in [0.25, 0.3) is 0 Å². The second-order valence-corrected chi connectivity index (χ2v) is 7.96. The molecule has 3 rings (SSSR count). The number of carbonyl (C=O) groups is 3. The van der Waals surface area contributed by atoms with E-state index in [2.05, 4.69) is 0 Å². The second kappa shape index (κ2) is 9.56. The first-order valence-corrected chi connectivity index (χ1v) is 10.3. The van der Waals surface area contributed by atoms with E-state index in [0.29, 0.717) is 19.5 Å². The third-order valence-electron chi connectivity index (χ3n) is 4.84. The van der Waals surface area contributed by atoms with Crippen molar-refractivity contribution >= 4 is 29.2 Å². The minimum Gasteiger partial charge on any atom is -0.496 e. The van der Waals surface area contributed by atoms with Crippen molar-refractivity contribution in [3.63, 3.8) is 0 Å². The molecular formula is C21H25N3O4S. The Hall–Kier alpha value is -2.87. The monoisotopic (exact) mass is 415 g/mol. The van der Waals surface area contributed by atoms with Gasteiger partial charge in [-0.1, -0.05) is 24.3 Å². The largest absolute Gasteiger partial charge is 0.496 e. The van der Waals surface area contributed by atoms with Crippen molar-refractivity contribution in [2.75, 3.05) is 27.2 Å². The highest BCUT2D eigenvalue weighted by Gasteiger charge is 2.33. The van der Waals surface area contributed by atoms with E-state index in [1.54, 1.807) is 30.4 Å². The van der Waals surface area contributed by atoms with Crippen LogP contribution in [0.4, 0.5) is 4.79 Å². The van der Waals surface area contributed by atoms with E-state index < -0.39 is 0 Å². The van der Waals surface area contributed by atoms with Crippen molar-refractivity contribution in [2.45, 2.75) is 25.9 Å². The molecule has 0 spiro atoms. The number of rotatable bonds is 9. The highest BCUT2D eigenvalue weighted by molar-refractivity contribution is 7.09. The number of hydrogen-bond acceptors (Lipinski definition) is 5. The molecule has 8 heteroatoms. The van der Waals surface area contributed by atoms with Crippen LogP contribution in [-0.2, 0) is 22.7 Å². The summed E-state index contributed by atoms with van der Waals surface area (Å²) in [6.45, 7) is 1.31. The normalized spacial score (nSPS) is 13.9. The molecule has 1 aromatic heterocycles. The molecule has 154 valence electrons. The first kappa shape index (κ1) is 20.9. The minimum atomic E-state index is -0.299. The molecule has 2 heterocycles. The van der Waals surface area contributed by atoms with Gasteiger partial charge in [0.05, 0.1) is 13.7 Å². The van der Waals surface area contributed by atoms with Crippen LogP contribution in [0, 0.1) is 0 Å². The van der Waals surface area contributed by atoms with E-state index in [-0.39, 0.29) is 37.4 Å². The number of carbonyl (C=O) groups excluding carboxylic acids is 3. The number of thiophene rings is 1. The summed E-state index contributed by atoms with van der Waals surface area (Å²) in [5.74, 6) is 0.513. The van der Waals surface area contributed by atoms with Crippen LogP contribution in [0.3, 0.4) is 0 Å². The molecule has 1 aliphatic heterocycles. The van der Waals surface area contributed by atoms with Gasteiger partial charge in [-0.3, -0.25) is 14.5 Å². The van der Waals surface area contributed by atoms with Gasteiger partial charge >= 0.3 is 6.03 Å². The van der Waals surface area contributed by atoms with Crippen LogP contribution in [0.25, 0.3) is 0 Å². The van der Waals surface area contributed by atoms with Gasteiger partial charge in [0.1, 0.15) is 12.3 Å². The summed E-state index contributed by atoms with van der Waals surface area (Å²) in [5.41, 5.74) is 0.937. The summed E-state index contributed by atoms with van der Waals surface area (Å²) in [5, 5.41) is 1.99. The molecule has 0 atom stereocenters.